The number of para-hydroxylation sites is 1. The number of nitrogens with one attached hydrogen (secondary N) is 2. The van der Waals surface area contributed by atoms with E-state index in [2.05, 4.69) is 10.3 Å². The summed E-state index contributed by atoms with van der Waals surface area (Å²) in [5.41, 5.74) is 2.98. The summed E-state index contributed by atoms with van der Waals surface area (Å²) in [6, 6.07) is 8.01. The van der Waals surface area contributed by atoms with Gasteiger partial charge in [-0.05, 0) is 18.6 Å². The summed E-state index contributed by atoms with van der Waals surface area (Å²) >= 11 is 0. The molecular formula is C17H20N4O2. The van der Waals surface area contributed by atoms with Gasteiger partial charge in [0.05, 0.1) is 12.0 Å². The first-order valence-electron chi connectivity index (χ1n) is 7.86. The lowest BCUT2D eigenvalue weighted by Crippen LogP contribution is -2.70. The molecule has 2 N–H and O–H groups in total. The predicted molar refractivity (Wildman–Crippen MR) is 87.2 cm³/mol. The van der Waals surface area contributed by atoms with Gasteiger partial charge in [0.1, 0.15) is 0 Å². The van der Waals surface area contributed by atoms with Gasteiger partial charge in [-0.15, -0.1) is 0 Å². The third-order valence-corrected chi connectivity index (χ3v) is 5.26. The van der Waals surface area contributed by atoms with Gasteiger partial charge in [0.15, 0.2) is 0 Å². The molecule has 3 amide bonds. The number of carbonyl (C=O) groups is 2. The molecule has 0 saturated carbocycles. The highest BCUT2D eigenvalue weighted by molar-refractivity contribution is 5.90. The molecule has 0 bridgehead atoms. The number of aryl methyl sites for hydroxylation is 1. The maximum atomic E-state index is 12.6. The Morgan fingerprint density at radius 1 is 1.30 bits per heavy atom. The molecule has 0 radical (unpaired) electrons. The normalized spacial score (nSPS) is 19.3. The van der Waals surface area contributed by atoms with Crippen LogP contribution >= 0.6 is 0 Å². The van der Waals surface area contributed by atoms with E-state index >= 15 is 0 Å². The Bertz CT molecular complexity index is 804. The number of benzene rings is 1. The molecule has 1 spiro atoms. The third-order valence-electron chi connectivity index (χ3n) is 5.26. The maximum Gasteiger partial charge on any atom is 0.317 e. The van der Waals surface area contributed by atoms with Gasteiger partial charge in [-0.2, -0.15) is 0 Å². The number of hydrogen-bond donors (Lipinski definition) is 2. The largest absolute Gasteiger partial charge is 0.358 e. The van der Waals surface area contributed by atoms with Crippen molar-refractivity contribution in [2.24, 2.45) is 0 Å². The molecule has 2 saturated heterocycles. The van der Waals surface area contributed by atoms with Crippen molar-refractivity contribution in [2.75, 3.05) is 26.7 Å². The quantitative estimate of drug-likeness (QED) is 0.876. The fourth-order valence-electron chi connectivity index (χ4n) is 3.68. The van der Waals surface area contributed by atoms with Gasteiger partial charge in [-0.1, -0.05) is 18.2 Å². The first kappa shape index (κ1) is 14.1. The Morgan fingerprint density at radius 2 is 2.04 bits per heavy atom. The number of likely N-dealkylation sites (tertiary alicyclic amines) is 1. The third kappa shape index (κ3) is 2.01. The average molecular weight is 312 g/mol. The van der Waals surface area contributed by atoms with Crippen LogP contribution in [0.2, 0.25) is 0 Å². The summed E-state index contributed by atoms with van der Waals surface area (Å²) in [6.07, 6.45) is 0.400. The Morgan fingerprint density at radius 3 is 2.74 bits per heavy atom. The summed E-state index contributed by atoms with van der Waals surface area (Å²) in [4.78, 5) is 31.1. The van der Waals surface area contributed by atoms with Crippen molar-refractivity contribution < 1.29 is 9.59 Å². The molecule has 6 nitrogen and oxygen atoms in total. The zero-order valence-electron chi connectivity index (χ0n) is 13.3. The van der Waals surface area contributed by atoms with Crippen molar-refractivity contribution in [1.82, 2.24) is 20.1 Å². The highest BCUT2D eigenvalue weighted by atomic mass is 16.2. The number of H-pyrrole nitrogens is 1. The Kier molecular flexibility index (Phi) is 2.91. The van der Waals surface area contributed by atoms with Crippen LogP contribution in [0.25, 0.3) is 10.9 Å². The number of hydrogen-bond acceptors (Lipinski definition) is 2. The van der Waals surface area contributed by atoms with Gasteiger partial charge >= 0.3 is 6.03 Å². The number of nitrogens with zero attached hydrogens (tertiary/aromatic N) is 2. The van der Waals surface area contributed by atoms with Crippen LogP contribution in [0.4, 0.5) is 4.79 Å². The Balaban J connectivity index is 1.49. The van der Waals surface area contributed by atoms with E-state index in [1.807, 2.05) is 36.1 Å². The Labute approximate surface area is 134 Å². The Hall–Kier alpha value is -2.50. The second-order valence-corrected chi connectivity index (χ2v) is 6.64. The molecule has 6 heteroatoms. The number of fused-ring (bicyclic) bond motifs is 1. The van der Waals surface area contributed by atoms with Crippen LogP contribution < -0.4 is 5.32 Å². The lowest BCUT2D eigenvalue weighted by molar-refractivity contribution is -0.141. The standard InChI is InChI=1S/C17H20N4O2/c1-11-13(12-5-3-4-6-14(12)19-11)7-15(22)21-9-17(10-21)8-18-16(23)20(17)2/h3-6,19H,7-10H2,1-2H3,(H,18,23). The minimum atomic E-state index is -0.206. The number of amides is 3. The van der Waals surface area contributed by atoms with Crippen molar-refractivity contribution in [3.63, 3.8) is 0 Å². The topological polar surface area (TPSA) is 68.4 Å². The highest BCUT2D eigenvalue weighted by Crippen LogP contribution is 2.31. The number of urea groups is 1. The zero-order chi connectivity index (χ0) is 16.2. The van der Waals surface area contributed by atoms with Crippen molar-refractivity contribution >= 4 is 22.8 Å². The minimum Gasteiger partial charge on any atom is -0.358 e. The lowest BCUT2D eigenvalue weighted by atomic mass is 9.89. The number of aromatic nitrogens is 1. The van der Waals surface area contributed by atoms with Gasteiger partial charge in [-0.25, -0.2) is 4.79 Å². The zero-order valence-corrected chi connectivity index (χ0v) is 13.3. The van der Waals surface area contributed by atoms with Crippen LogP contribution in [0.3, 0.4) is 0 Å². The van der Waals surface area contributed by atoms with E-state index in [-0.39, 0.29) is 17.5 Å². The molecule has 120 valence electrons. The van der Waals surface area contributed by atoms with E-state index in [1.54, 1.807) is 11.9 Å². The number of rotatable bonds is 2. The molecule has 1 aromatic carbocycles. The van der Waals surface area contributed by atoms with E-state index in [9.17, 15) is 9.59 Å². The first-order chi connectivity index (χ1) is 11.0. The van der Waals surface area contributed by atoms with Crippen molar-refractivity contribution in [2.45, 2.75) is 18.9 Å². The summed E-state index contributed by atoms with van der Waals surface area (Å²) in [5, 5.41) is 3.96. The molecule has 3 heterocycles. The van der Waals surface area contributed by atoms with Gasteiger partial charge in [0, 0.05) is 43.3 Å². The predicted octanol–water partition coefficient (Wildman–Crippen LogP) is 1.25. The molecule has 2 fully saturated rings. The van der Waals surface area contributed by atoms with Gasteiger partial charge in [0.2, 0.25) is 5.91 Å². The van der Waals surface area contributed by atoms with E-state index in [0.717, 1.165) is 22.2 Å². The molecule has 1 aromatic heterocycles. The SMILES string of the molecule is Cc1[nH]c2ccccc2c1CC(=O)N1CC2(CNC(=O)N2C)C1. The average Bonchev–Trinajstić information content (AvgIpc) is 2.97. The van der Waals surface area contributed by atoms with Crippen LogP contribution in [-0.2, 0) is 11.2 Å². The van der Waals surface area contributed by atoms with Crippen LogP contribution in [0.1, 0.15) is 11.3 Å². The smallest absolute Gasteiger partial charge is 0.317 e. The summed E-state index contributed by atoms with van der Waals surface area (Å²) in [7, 11) is 1.80. The van der Waals surface area contributed by atoms with Crippen molar-refractivity contribution in [1.29, 1.82) is 0 Å². The first-order valence-corrected chi connectivity index (χ1v) is 7.86. The van der Waals surface area contributed by atoms with Gasteiger partial charge in [-0.3, -0.25) is 4.79 Å². The van der Waals surface area contributed by atoms with Gasteiger partial charge in [0.25, 0.3) is 0 Å². The van der Waals surface area contributed by atoms with E-state index in [1.165, 1.54) is 0 Å². The highest BCUT2D eigenvalue weighted by Gasteiger charge is 2.53. The van der Waals surface area contributed by atoms with Crippen LogP contribution in [0.15, 0.2) is 24.3 Å². The monoisotopic (exact) mass is 312 g/mol. The van der Waals surface area contributed by atoms with Gasteiger partial charge < -0.3 is 20.1 Å². The molecule has 0 atom stereocenters. The molecule has 4 rings (SSSR count). The molecule has 23 heavy (non-hydrogen) atoms. The fraction of sp³-hybridized carbons (Fsp3) is 0.412. The number of aromatic amines is 1. The summed E-state index contributed by atoms with van der Waals surface area (Å²) < 4.78 is 0. The van der Waals surface area contributed by atoms with Crippen LogP contribution in [0, 0.1) is 6.92 Å². The molecule has 2 aliphatic rings. The molecule has 2 aliphatic heterocycles. The second kappa shape index (κ2) is 4.75. The van der Waals surface area contributed by atoms with E-state index in [4.69, 9.17) is 0 Å². The molecular weight excluding hydrogens is 292 g/mol. The second-order valence-electron chi connectivity index (χ2n) is 6.64. The van der Waals surface area contributed by atoms with Crippen LogP contribution in [0.5, 0.6) is 0 Å². The summed E-state index contributed by atoms with van der Waals surface area (Å²) in [6.45, 7) is 3.86. The molecule has 0 aliphatic carbocycles. The van der Waals surface area contributed by atoms with E-state index < -0.39 is 0 Å². The van der Waals surface area contributed by atoms with Crippen LogP contribution in [-0.4, -0.2) is 58.9 Å². The van der Waals surface area contributed by atoms with E-state index in [0.29, 0.717) is 26.1 Å². The molecule has 0 unspecified atom stereocenters. The molecule has 2 aromatic rings. The maximum absolute atomic E-state index is 12.6. The number of likely N-dealkylation sites (N-methyl/N-ethyl adjacent to an activating group) is 1. The lowest BCUT2D eigenvalue weighted by Gasteiger charge is -2.50. The minimum absolute atomic E-state index is 0.0513. The summed E-state index contributed by atoms with van der Waals surface area (Å²) in [5.74, 6) is 0.122. The van der Waals surface area contributed by atoms with Crippen molar-refractivity contribution in [3.05, 3.63) is 35.5 Å². The van der Waals surface area contributed by atoms with Crippen molar-refractivity contribution in [3.8, 4) is 0 Å². The fourth-order valence-corrected chi connectivity index (χ4v) is 3.68. The number of carbonyl (C=O) groups excluding carboxylic acids is 2.